The molecule has 2 rings (SSSR count). The molecular weight excluding hydrogens is 341 g/mol. The Morgan fingerprint density at radius 3 is 2.42 bits per heavy atom. The van der Waals surface area contributed by atoms with Crippen LogP contribution < -0.4 is 10.1 Å². The lowest BCUT2D eigenvalue weighted by Crippen LogP contribution is -2.34. The van der Waals surface area contributed by atoms with Crippen LogP contribution in [0.5, 0.6) is 5.75 Å². The van der Waals surface area contributed by atoms with E-state index in [1.54, 1.807) is 11.3 Å². The zero-order valence-corrected chi connectivity index (χ0v) is 13.9. The maximum absolute atomic E-state index is 12.1. The lowest BCUT2D eigenvalue weighted by atomic mass is 10.2. The van der Waals surface area contributed by atoms with Gasteiger partial charge in [-0.25, -0.2) is 0 Å². The molecule has 1 amide bonds. The van der Waals surface area contributed by atoms with Crippen molar-refractivity contribution in [2.45, 2.75) is 12.4 Å². The molecule has 0 bridgehead atoms. The number of thiophene rings is 1. The van der Waals surface area contributed by atoms with Crippen molar-refractivity contribution in [3.63, 3.8) is 0 Å². The van der Waals surface area contributed by atoms with E-state index in [1.165, 1.54) is 12.1 Å². The van der Waals surface area contributed by atoms with Crippen molar-refractivity contribution in [3.8, 4) is 5.75 Å². The fraction of sp³-hybridized carbons (Fsp3) is 0.312. The summed E-state index contributed by atoms with van der Waals surface area (Å²) in [6.07, 6.45) is -4.75. The van der Waals surface area contributed by atoms with Crippen LogP contribution in [0, 0.1) is 0 Å². The Bertz CT molecular complexity index is 655. The number of carbonyl (C=O) groups excluding carboxylic acids is 1. The van der Waals surface area contributed by atoms with Gasteiger partial charge in [0.2, 0.25) is 0 Å². The molecule has 0 unspecified atom stereocenters. The van der Waals surface area contributed by atoms with Gasteiger partial charge in [-0.3, -0.25) is 4.79 Å². The first-order valence-electron chi connectivity index (χ1n) is 7.10. The van der Waals surface area contributed by atoms with Crippen LogP contribution in [-0.4, -0.2) is 37.8 Å². The molecule has 1 heterocycles. The number of halogens is 3. The SMILES string of the molecule is CN(C)[C@@H](CNC(=O)c1ccc(OC(F)(F)F)cc1)c1cccs1. The third-order valence-electron chi connectivity index (χ3n) is 3.30. The van der Waals surface area contributed by atoms with E-state index in [0.717, 1.165) is 17.0 Å². The minimum absolute atomic E-state index is 0.0294. The van der Waals surface area contributed by atoms with E-state index in [1.807, 2.05) is 36.5 Å². The summed E-state index contributed by atoms with van der Waals surface area (Å²) in [7, 11) is 3.83. The Hall–Kier alpha value is -2.06. The van der Waals surface area contributed by atoms with Crippen molar-refractivity contribution in [2.24, 2.45) is 0 Å². The van der Waals surface area contributed by atoms with E-state index in [-0.39, 0.29) is 23.3 Å². The second-order valence-electron chi connectivity index (χ2n) is 5.28. The maximum atomic E-state index is 12.1. The summed E-state index contributed by atoms with van der Waals surface area (Å²) >= 11 is 1.60. The van der Waals surface area contributed by atoms with Crippen LogP contribution in [0.2, 0.25) is 0 Å². The van der Waals surface area contributed by atoms with Gasteiger partial charge in [-0.1, -0.05) is 6.07 Å². The van der Waals surface area contributed by atoms with E-state index in [9.17, 15) is 18.0 Å². The predicted octanol–water partition coefficient (Wildman–Crippen LogP) is 3.68. The molecule has 0 aliphatic rings. The molecule has 0 saturated carbocycles. The zero-order valence-electron chi connectivity index (χ0n) is 13.1. The maximum Gasteiger partial charge on any atom is 0.573 e. The lowest BCUT2D eigenvalue weighted by molar-refractivity contribution is -0.274. The van der Waals surface area contributed by atoms with Crippen molar-refractivity contribution in [3.05, 3.63) is 52.2 Å². The van der Waals surface area contributed by atoms with E-state index in [0.29, 0.717) is 6.54 Å². The van der Waals surface area contributed by atoms with Crippen LogP contribution in [-0.2, 0) is 0 Å². The second kappa shape index (κ2) is 7.67. The minimum atomic E-state index is -4.75. The summed E-state index contributed by atoms with van der Waals surface area (Å²) in [5.74, 6) is -0.708. The average Bonchev–Trinajstić information content (AvgIpc) is 3.00. The van der Waals surface area contributed by atoms with Gasteiger partial charge in [0.15, 0.2) is 0 Å². The molecule has 0 aliphatic carbocycles. The largest absolute Gasteiger partial charge is 0.573 e. The first-order chi connectivity index (χ1) is 11.3. The van der Waals surface area contributed by atoms with Crippen LogP contribution >= 0.6 is 11.3 Å². The van der Waals surface area contributed by atoms with E-state index < -0.39 is 6.36 Å². The molecule has 4 nitrogen and oxygen atoms in total. The number of hydrogen-bond acceptors (Lipinski definition) is 4. The highest BCUT2D eigenvalue weighted by Gasteiger charge is 2.31. The van der Waals surface area contributed by atoms with Crippen LogP contribution in [0.1, 0.15) is 21.3 Å². The fourth-order valence-corrected chi connectivity index (χ4v) is 3.04. The van der Waals surface area contributed by atoms with E-state index in [2.05, 4.69) is 10.1 Å². The van der Waals surface area contributed by atoms with Gasteiger partial charge in [0.1, 0.15) is 5.75 Å². The smallest absolute Gasteiger partial charge is 0.406 e. The molecule has 0 spiro atoms. The van der Waals surface area contributed by atoms with E-state index >= 15 is 0 Å². The quantitative estimate of drug-likeness (QED) is 0.857. The molecule has 0 radical (unpaired) electrons. The Kier molecular flexibility index (Phi) is 5.84. The monoisotopic (exact) mass is 358 g/mol. The van der Waals surface area contributed by atoms with Crippen molar-refractivity contribution in [1.82, 2.24) is 10.2 Å². The zero-order chi connectivity index (χ0) is 17.7. The van der Waals surface area contributed by atoms with Gasteiger partial charge in [0.05, 0.1) is 6.04 Å². The number of ether oxygens (including phenoxy) is 1. The number of nitrogens with one attached hydrogen (secondary N) is 1. The normalized spacial score (nSPS) is 12.9. The second-order valence-corrected chi connectivity index (χ2v) is 6.26. The molecule has 1 aromatic carbocycles. The van der Waals surface area contributed by atoms with Crippen molar-refractivity contribution in [1.29, 1.82) is 0 Å². The Morgan fingerprint density at radius 2 is 1.92 bits per heavy atom. The highest BCUT2D eigenvalue weighted by molar-refractivity contribution is 7.10. The summed E-state index contributed by atoms with van der Waals surface area (Å²) in [6.45, 7) is 0.396. The van der Waals surface area contributed by atoms with E-state index in [4.69, 9.17) is 0 Å². The van der Waals surface area contributed by atoms with Gasteiger partial charge >= 0.3 is 6.36 Å². The van der Waals surface area contributed by atoms with Gasteiger partial charge in [-0.05, 0) is 49.8 Å². The summed E-state index contributed by atoms with van der Waals surface area (Å²) in [5.41, 5.74) is 0.271. The third kappa shape index (κ3) is 5.24. The fourth-order valence-electron chi connectivity index (χ4n) is 2.12. The lowest BCUT2D eigenvalue weighted by Gasteiger charge is -2.23. The molecule has 0 fully saturated rings. The Labute approximate surface area is 141 Å². The predicted molar refractivity (Wildman–Crippen MR) is 86.2 cm³/mol. The molecular formula is C16H17F3N2O2S. The van der Waals surface area contributed by atoms with Crippen molar-refractivity contribution < 1.29 is 22.7 Å². The summed E-state index contributed by atoms with van der Waals surface area (Å²) in [4.78, 5) is 15.3. The van der Waals surface area contributed by atoms with Gasteiger partial charge < -0.3 is 15.0 Å². The van der Waals surface area contributed by atoms with Gasteiger partial charge in [-0.15, -0.1) is 24.5 Å². The summed E-state index contributed by atoms with van der Waals surface area (Å²) < 4.78 is 40.1. The number of rotatable bonds is 6. The first kappa shape index (κ1) is 18.3. The number of carbonyl (C=O) groups is 1. The highest BCUT2D eigenvalue weighted by atomic mass is 32.1. The van der Waals surface area contributed by atoms with Crippen molar-refractivity contribution >= 4 is 17.2 Å². The molecule has 1 N–H and O–H groups in total. The van der Waals surface area contributed by atoms with Crippen LogP contribution in [0.15, 0.2) is 41.8 Å². The number of amides is 1. The molecule has 0 saturated heterocycles. The Morgan fingerprint density at radius 1 is 1.25 bits per heavy atom. The van der Waals surface area contributed by atoms with Gasteiger partial charge in [0.25, 0.3) is 5.91 Å². The molecule has 130 valence electrons. The molecule has 24 heavy (non-hydrogen) atoms. The number of benzene rings is 1. The van der Waals surface area contributed by atoms with Crippen molar-refractivity contribution in [2.75, 3.05) is 20.6 Å². The van der Waals surface area contributed by atoms with Crippen LogP contribution in [0.3, 0.4) is 0 Å². The molecule has 2 aromatic rings. The third-order valence-corrected chi connectivity index (χ3v) is 4.27. The number of nitrogens with zero attached hydrogens (tertiary/aromatic N) is 1. The molecule has 8 heteroatoms. The van der Waals surface area contributed by atoms with Crippen LogP contribution in [0.25, 0.3) is 0 Å². The first-order valence-corrected chi connectivity index (χ1v) is 7.98. The number of alkyl halides is 3. The van der Waals surface area contributed by atoms with Gasteiger partial charge in [0, 0.05) is 17.0 Å². The highest BCUT2D eigenvalue weighted by Crippen LogP contribution is 2.24. The number of hydrogen-bond donors (Lipinski definition) is 1. The Balaban J connectivity index is 1.96. The standard InChI is InChI=1S/C16H17F3N2O2S/c1-21(2)13(14-4-3-9-24-14)10-20-15(22)11-5-7-12(8-6-11)23-16(17,18)19/h3-9,13H,10H2,1-2H3,(H,20,22)/t13-/m0/s1. The summed E-state index contributed by atoms with van der Waals surface area (Å²) in [6, 6.07) is 8.79. The molecule has 1 aromatic heterocycles. The topological polar surface area (TPSA) is 41.6 Å². The number of likely N-dealkylation sites (N-methyl/N-ethyl adjacent to an activating group) is 1. The average molecular weight is 358 g/mol. The molecule has 1 atom stereocenters. The van der Waals surface area contributed by atoms with Gasteiger partial charge in [-0.2, -0.15) is 0 Å². The minimum Gasteiger partial charge on any atom is -0.406 e. The summed E-state index contributed by atoms with van der Waals surface area (Å²) in [5, 5.41) is 4.76. The van der Waals surface area contributed by atoms with Crippen LogP contribution in [0.4, 0.5) is 13.2 Å². The molecule has 0 aliphatic heterocycles.